The normalized spacial score (nSPS) is 15.8. The zero-order valence-electron chi connectivity index (χ0n) is 12.5. The van der Waals surface area contributed by atoms with Crippen molar-refractivity contribution in [3.63, 3.8) is 0 Å². The Morgan fingerprint density at radius 2 is 1.80 bits per heavy atom. The number of nitrogens with one attached hydrogen (secondary N) is 1. The fourth-order valence-corrected chi connectivity index (χ4v) is 3.35. The van der Waals surface area contributed by atoms with E-state index in [0.29, 0.717) is 21.1 Å². The number of thioether (sulfide) groups is 1. The van der Waals surface area contributed by atoms with Crippen LogP contribution in [0.3, 0.4) is 0 Å². The average molecular weight is 393 g/mol. The van der Waals surface area contributed by atoms with Crippen molar-refractivity contribution in [1.29, 1.82) is 0 Å². The third kappa shape index (κ3) is 4.07. The lowest BCUT2D eigenvalue weighted by Gasteiger charge is -2.15. The lowest BCUT2D eigenvalue weighted by molar-refractivity contribution is -0.123. The second-order valence-corrected chi connectivity index (χ2v) is 7.13. The van der Waals surface area contributed by atoms with Crippen molar-refractivity contribution >= 4 is 57.8 Å². The summed E-state index contributed by atoms with van der Waals surface area (Å²) in [6.07, 6.45) is 1.59. The van der Waals surface area contributed by atoms with Gasteiger partial charge >= 0.3 is 0 Å². The molecule has 8 heteroatoms. The number of halogens is 2. The van der Waals surface area contributed by atoms with E-state index in [1.807, 2.05) is 0 Å². The highest BCUT2D eigenvalue weighted by molar-refractivity contribution is 8.26. The third-order valence-electron chi connectivity index (χ3n) is 3.28. The zero-order valence-corrected chi connectivity index (χ0v) is 14.9. The number of amides is 2. The van der Waals surface area contributed by atoms with Crippen LogP contribution < -0.4 is 5.43 Å². The molecule has 0 aromatic heterocycles. The van der Waals surface area contributed by atoms with Gasteiger partial charge in [0.2, 0.25) is 0 Å². The molecule has 0 aliphatic carbocycles. The van der Waals surface area contributed by atoms with Crippen LogP contribution in [0.4, 0.5) is 4.39 Å². The molecule has 1 N–H and O–H groups in total. The Labute approximate surface area is 157 Å². The third-order valence-corrected chi connectivity index (χ3v) is 4.84. The smallest absolute Gasteiger partial charge is 0.267 e. The molecule has 1 fully saturated rings. The highest BCUT2D eigenvalue weighted by atomic mass is 35.5. The van der Waals surface area contributed by atoms with E-state index in [1.165, 1.54) is 12.1 Å². The number of carbonyl (C=O) groups is 2. The number of thiocarbonyl (C=S) groups is 1. The maximum atomic E-state index is 13.0. The van der Waals surface area contributed by atoms with Crippen LogP contribution in [-0.4, -0.2) is 21.1 Å². The van der Waals surface area contributed by atoms with Crippen molar-refractivity contribution in [2.24, 2.45) is 0 Å². The lowest BCUT2D eigenvalue weighted by atomic mass is 10.2. The van der Waals surface area contributed by atoms with Gasteiger partial charge in [0.25, 0.3) is 11.8 Å². The highest BCUT2D eigenvalue weighted by Gasteiger charge is 2.33. The summed E-state index contributed by atoms with van der Waals surface area (Å²) in [5.41, 5.74) is 3.48. The molecule has 0 atom stereocenters. The molecule has 2 aromatic carbocycles. The van der Waals surface area contributed by atoms with Gasteiger partial charge in [-0.05, 0) is 60.3 Å². The molecule has 0 radical (unpaired) electrons. The van der Waals surface area contributed by atoms with Crippen molar-refractivity contribution in [2.75, 3.05) is 0 Å². The Bertz CT molecular complexity index is 883. The summed E-state index contributed by atoms with van der Waals surface area (Å²) < 4.78 is 13.2. The van der Waals surface area contributed by atoms with Crippen LogP contribution in [-0.2, 0) is 4.79 Å². The molecule has 0 unspecified atom stereocenters. The monoisotopic (exact) mass is 392 g/mol. The van der Waals surface area contributed by atoms with E-state index in [0.717, 1.165) is 16.8 Å². The maximum absolute atomic E-state index is 13.0. The van der Waals surface area contributed by atoms with Crippen molar-refractivity contribution in [1.82, 2.24) is 10.4 Å². The number of hydrazine groups is 1. The fourth-order valence-electron chi connectivity index (χ4n) is 2.04. The Morgan fingerprint density at radius 3 is 2.44 bits per heavy atom. The molecule has 126 valence electrons. The van der Waals surface area contributed by atoms with Gasteiger partial charge in [0.15, 0.2) is 4.32 Å². The average Bonchev–Trinajstić information content (AvgIpc) is 2.85. The molecule has 1 saturated heterocycles. The maximum Gasteiger partial charge on any atom is 0.285 e. The van der Waals surface area contributed by atoms with Crippen LogP contribution in [0.2, 0.25) is 5.02 Å². The first-order chi connectivity index (χ1) is 11.9. The van der Waals surface area contributed by atoms with Crippen molar-refractivity contribution in [3.05, 3.63) is 75.4 Å². The number of carbonyl (C=O) groups excluding carboxylic acids is 2. The number of hydrogen-bond donors (Lipinski definition) is 1. The Balaban J connectivity index is 1.76. The zero-order chi connectivity index (χ0) is 18.0. The van der Waals surface area contributed by atoms with Crippen molar-refractivity contribution in [3.8, 4) is 0 Å². The second kappa shape index (κ2) is 7.35. The minimum Gasteiger partial charge on any atom is -0.267 e. The number of hydrogen-bond acceptors (Lipinski definition) is 4. The summed E-state index contributed by atoms with van der Waals surface area (Å²) in [6.45, 7) is 0. The first-order valence-corrected chi connectivity index (χ1v) is 8.64. The number of nitrogens with zero attached hydrogens (tertiary/aromatic N) is 1. The van der Waals surface area contributed by atoms with E-state index in [9.17, 15) is 14.0 Å². The van der Waals surface area contributed by atoms with E-state index in [4.69, 9.17) is 23.8 Å². The molecule has 2 amide bonds. The molecule has 2 aromatic rings. The second-order valence-electron chi connectivity index (χ2n) is 5.02. The van der Waals surface area contributed by atoms with Crippen LogP contribution in [0.25, 0.3) is 6.08 Å². The standard InChI is InChI=1S/C17H10ClFN2O2S2/c18-12-5-3-11(4-6-12)15(22)20-21-16(23)14(25-17(21)24)9-10-1-7-13(19)8-2-10/h1-9H,(H,20,22)/b14-9+. The highest BCUT2D eigenvalue weighted by Crippen LogP contribution is 2.31. The molecule has 0 saturated carbocycles. The van der Waals surface area contributed by atoms with E-state index in [-0.39, 0.29) is 10.1 Å². The minimum atomic E-state index is -0.476. The summed E-state index contributed by atoms with van der Waals surface area (Å²) in [5.74, 6) is -1.28. The van der Waals surface area contributed by atoms with Crippen LogP contribution in [0, 0.1) is 5.82 Å². The van der Waals surface area contributed by atoms with Gasteiger partial charge in [-0.1, -0.05) is 35.5 Å². The van der Waals surface area contributed by atoms with Gasteiger partial charge in [0, 0.05) is 10.6 Å². The molecular formula is C17H10ClFN2O2S2. The van der Waals surface area contributed by atoms with Crippen LogP contribution in [0.5, 0.6) is 0 Å². The van der Waals surface area contributed by atoms with E-state index < -0.39 is 11.8 Å². The molecule has 1 aliphatic heterocycles. The van der Waals surface area contributed by atoms with Gasteiger partial charge in [0.1, 0.15) is 5.82 Å². The van der Waals surface area contributed by atoms with E-state index in [2.05, 4.69) is 5.43 Å². The van der Waals surface area contributed by atoms with Gasteiger partial charge in [-0.15, -0.1) is 0 Å². The van der Waals surface area contributed by atoms with E-state index >= 15 is 0 Å². The van der Waals surface area contributed by atoms with Gasteiger partial charge in [-0.2, -0.15) is 5.01 Å². The summed E-state index contributed by atoms with van der Waals surface area (Å²) in [5, 5.41) is 1.52. The molecular weight excluding hydrogens is 383 g/mol. The minimum absolute atomic E-state index is 0.209. The fraction of sp³-hybridized carbons (Fsp3) is 0. The van der Waals surface area contributed by atoms with Gasteiger partial charge < -0.3 is 0 Å². The first kappa shape index (κ1) is 17.6. The summed E-state index contributed by atoms with van der Waals surface area (Å²) in [4.78, 5) is 25.0. The van der Waals surface area contributed by atoms with Crippen LogP contribution in [0.1, 0.15) is 15.9 Å². The molecule has 25 heavy (non-hydrogen) atoms. The SMILES string of the molecule is O=C(NN1C(=O)/C(=C\c2ccc(F)cc2)SC1=S)c1ccc(Cl)cc1. The van der Waals surface area contributed by atoms with Gasteiger partial charge in [-0.25, -0.2) is 4.39 Å². The molecule has 3 rings (SSSR count). The van der Waals surface area contributed by atoms with Gasteiger partial charge in [-0.3, -0.25) is 15.0 Å². The molecule has 1 aliphatic rings. The number of rotatable bonds is 3. The van der Waals surface area contributed by atoms with Gasteiger partial charge in [0.05, 0.1) is 4.91 Å². The Kier molecular flexibility index (Phi) is 5.17. The molecule has 1 heterocycles. The molecule has 0 bridgehead atoms. The topological polar surface area (TPSA) is 49.4 Å². The Hall–Kier alpha value is -2.22. The molecule has 4 nitrogen and oxygen atoms in total. The van der Waals surface area contributed by atoms with Crippen molar-refractivity contribution in [2.45, 2.75) is 0 Å². The summed E-state index contributed by atoms with van der Waals surface area (Å²) in [6, 6.07) is 11.9. The number of benzene rings is 2. The lowest BCUT2D eigenvalue weighted by Crippen LogP contribution is -2.44. The molecule has 0 spiro atoms. The van der Waals surface area contributed by atoms with Crippen LogP contribution in [0.15, 0.2) is 53.4 Å². The first-order valence-electron chi connectivity index (χ1n) is 7.04. The van der Waals surface area contributed by atoms with Crippen LogP contribution >= 0.6 is 35.6 Å². The van der Waals surface area contributed by atoms with E-state index in [1.54, 1.807) is 42.5 Å². The summed E-state index contributed by atoms with van der Waals surface area (Å²) in [7, 11) is 0. The Morgan fingerprint density at radius 1 is 1.16 bits per heavy atom. The summed E-state index contributed by atoms with van der Waals surface area (Å²) >= 11 is 12.0. The predicted octanol–water partition coefficient (Wildman–Crippen LogP) is 4.03. The van der Waals surface area contributed by atoms with Crippen molar-refractivity contribution < 1.29 is 14.0 Å². The predicted molar refractivity (Wildman–Crippen MR) is 100 cm³/mol. The largest absolute Gasteiger partial charge is 0.285 e. The quantitative estimate of drug-likeness (QED) is 0.633.